The maximum absolute atomic E-state index is 11.8. The van der Waals surface area contributed by atoms with Gasteiger partial charge in [-0.15, -0.1) is 11.3 Å². The van der Waals surface area contributed by atoms with Crippen molar-refractivity contribution in [2.24, 2.45) is 5.41 Å². The van der Waals surface area contributed by atoms with E-state index in [9.17, 15) is 9.90 Å². The highest BCUT2D eigenvalue weighted by Gasteiger charge is 2.22. The number of nitrogens with one attached hydrogen (secondary N) is 2. The Bertz CT molecular complexity index is 440. The summed E-state index contributed by atoms with van der Waals surface area (Å²) in [6, 6.07) is -0.416. The van der Waals surface area contributed by atoms with Gasteiger partial charge in [0.05, 0.1) is 12.1 Å². The van der Waals surface area contributed by atoms with Crippen LogP contribution >= 0.6 is 11.3 Å². The van der Waals surface area contributed by atoms with Crippen LogP contribution in [0.3, 0.4) is 0 Å². The number of aliphatic hydroxyl groups is 1. The number of aromatic nitrogens is 1. The maximum atomic E-state index is 11.8. The van der Waals surface area contributed by atoms with Crippen LogP contribution in [-0.4, -0.2) is 28.8 Å². The summed E-state index contributed by atoms with van der Waals surface area (Å²) >= 11 is 1.61. The van der Waals surface area contributed by atoms with Crippen molar-refractivity contribution in [3.63, 3.8) is 0 Å². The first-order chi connectivity index (χ1) is 9.24. The largest absolute Gasteiger partial charge is 0.391 e. The molecule has 0 aliphatic heterocycles. The van der Waals surface area contributed by atoms with Crippen molar-refractivity contribution in [3.05, 3.63) is 16.1 Å². The van der Waals surface area contributed by atoms with Crippen LogP contribution in [0.15, 0.2) is 6.20 Å². The first-order valence-electron chi connectivity index (χ1n) is 6.91. The second kappa shape index (κ2) is 7.04. The number of hydrogen-bond donors (Lipinski definition) is 3. The van der Waals surface area contributed by atoms with Gasteiger partial charge in [-0.3, -0.25) is 0 Å². The SMILES string of the molecule is CCc1cnc(C(C)NC(=O)NCC(O)C(C)(C)C)s1. The zero-order valence-electron chi connectivity index (χ0n) is 12.9. The van der Waals surface area contributed by atoms with E-state index in [1.807, 2.05) is 33.9 Å². The highest BCUT2D eigenvalue weighted by atomic mass is 32.1. The molecule has 0 saturated carbocycles. The summed E-state index contributed by atoms with van der Waals surface area (Å²) in [5.74, 6) is 0. The van der Waals surface area contributed by atoms with E-state index < -0.39 is 6.10 Å². The van der Waals surface area contributed by atoms with Gasteiger partial charge in [0.1, 0.15) is 5.01 Å². The molecule has 114 valence electrons. The standard InChI is InChI=1S/C14H25N3O2S/c1-6-10-7-15-12(20-10)9(2)17-13(19)16-8-11(18)14(3,4)5/h7,9,11,18H,6,8H2,1-5H3,(H2,16,17,19). The van der Waals surface area contributed by atoms with Crippen molar-refractivity contribution in [1.29, 1.82) is 0 Å². The summed E-state index contributed by atoms with van der Waals surface area (Å²) in [6.45, 7) is 10.0. The van der Waals surface area contributed by atoms with Crippen molar-refractivity contribution in [2.75, 3.05) is 6.54 Å². The van der Waals surface area contributed by atoms with Crippen LogP contribution in [0.1, 0.15) is 50.5 Å². The molecule has 3 N–H and O–H groups in total. The molecule has 0 aliphatic carbocycles. The number of aryl methyl sites for hydroxylation is 1. The number of aliphatic hydroxyl groups excluding tert-OH is 1. The van der Waals surface area contributed by atoms with Crippen molar-refractivity contribution in [3.8, 4) is 0 Å². The number of thiazole rings is 1. The van der Waals surface area contributed by atoms with Gasteiger partial charge in [-0.25, -0.2) is 9.78 Å². The minimum atomic E-state index is -0.574. The molecule has 0 aromatic carbocycles. The van der Waals surface area contributed by atoms with Gasteiger partial charge in [0, 0.05) is 17.6 Å². The fourth-order valence-corrected chi connectivity index (χ4v) is 2.35. The summed E-state index contributed by atoms with van der Waals surface area (Å²) in [5.41, 5.74) is -0.246. The molecule has 0 bridgehead atoms. The van der Waals surface area contributed by atoms with Crippen LogP contribution in [0.4, 0.5) is 4.79 Å². The molecule has 5 nitrogen and oxygen atoms in total. The van der Waals surface area contributed by atoms with Crippen molar-refractivity contribution >= 4 is 17.4 Å². The minimum Gasteiger partial charge on any atom is -0.391 e. The number of rotatable bonds is 5. The quantitative estimate of drug-likeness (QED) is 0.782. The van der Waals surface area contributed by atoms with Crippen molar-refractivity contribution in [2.45, 2.75) is 53.2 Å². The van der Waals surface area contributed by atoms with E-state index >= 15 is 0 Å². The molecule has 1 heterocycles. The highest BCUT2D eigenvalue weighted by molar-refractivity contribution is 7.11. The Morgan fingerprint density at radius 1 is 1.50 bits per heavy atom. The molecule has 1 aromatic rings. The molecular formula is C14H25N3O2S. The first kappa shape index (κ1) is 16.9. The van der Waals surface area contributed by atoms with E-state index in [0.717, 1.165) is 11.4 Å². The third-order valence-corrected chi connectivity index (χ3v) is 4.42. The zero-order valence-corrected chi connectivity index (χ0v) is 13.7. The second-order valence-corrected chi connectivity index (χ2v) is 7.12. The molecule has 0 fully saturated rings. The lowest BCUT2D eigenvalue weighted by atomic mass is 9.89. The number of carbonyl (C=O) groups is 1. The van der Waals surface area contributed by atoms with Gasteiger partial charge in [-0.1, -0.05) is 27.7 Å². The van der Waals surface area contributed by atoms with Crippen LogP contribution in [0.5, 0.6) is 0 Å². The number of nitrogens with zero attached hydrogens (tertiary/aromatic N) is 1. The van der Waals surface area contributed by atoms with Gasteiger partial charge in [0.25, 0.3) is 0 Å². The maximum Gasteiger partial charge on any atom is 0.315 e. The topological polar surface area (TPSA) is 74.2 Å². The Morgan fingerprint density at radius 3 is 2.65 bits per heavy atom. The van der Waals surface area contributed by atoms with Crippen LogP contribution in [0.2, 0.25) is 0 Å². The molecular weight excluding hydrogens is 274 g/mol. The lowest BCUT2D eigenvalue weighted by molar-refractivity contribution is 0.0649. The van der Waals surface area contributed by atoms with Crippen molar-refractivity contribution < 1.29 is 9.90 Å². The monoisotopic (exact) mass is 299 g/mol. The smallest absolute Gasteiger partial charge is 0.315 e. The van der Waals surface area contributed by atoms with Crippen LogP contribution in [0.25, 0.3) is 0 Å². The molecule has 6 heteroatoms. The number of hydrogen-bond acceptors (Lipinski definition) is 4. The van der Waals surface area contributed by atoms with Gasteiger partial charge >= 0.3 is 6.03 Å². The fourth-order valence-electron chi connectivity index (χ4n) is 1.49. The molecule has 0 spiro atoms. The molecule has 20 heavy (non-hydrogen) atoms. The molecule has 2 atom stereocenters. The summed E-state index contributed by atoms with van der Waals surface area (Å²) < 4.78 is 0. The molecule has 1 aromatic heterocycles. The average Bonchev–Trinajstić information content (AvgIpc) is 2.83. The Kier molecular flexibility index (Phi) is 5.95. The molecule has 0 saturated heterocycles. The normalized spacial score (nSPS) is 14.7. The van der Waals surface area contributed by atoms with Crippen molar-refractivity contribution in [1.82, 2.24) is 15.6 Å². The van der Waals surface area contributed by atoms with Crippen LogP contribution < -0.4 is 10.6 Å². The Hall–Kier alpha value is -1.14. The van der Waals surface area contributed by atoms with Gasteiger partial charge in [0.15, 0.2) is 0 Å². The molecule has 1 rings (SSSR count). The van der Waals surface area contributed by atoms with E-state index in [2.05, 4.69) is 22.5 Å². The van der Waals surface area contributed by atoms with Crippen LogP contribution in [0, 0.1) is 5.41 Å². The van der Waals surface area contributed by atoms with Gasteiger partial charge in [-0.2, -0.15) is 0 Å². The van der Waals surface area contributed by atoms with Crippen LogP contribution in [-0.2, 0) is 6.42 Å². The lowest BCUT2D eigenvalue weighted by Gasteiger charge is -2.26. The number of amides is 2. The molecule has 2 amide bonds. The molecule has 2 unspecified atom stereocenters. The predicted molar refractivity (Wildman–Crippen MR) is 81.9 cm³/mol. The number of carbonyl (C=O) groups excluding carboxylic acids is 1. The molecule has 0 aliphatic rings. The van der Waals surface area contributed by atoms with E-state index in [0.29, 0.717) is 0 Å². The van der Waals surface area contributed by atoms with E-state index in [-0.39, 0.29) is 24.0 Å². The third-order valence-electron chi connectivity index (χ3n) is 3.09. The van der Waals surface area contributed by atoms with E-state index in [1.165, 1.54) is 4.88 Å². The summed E-state index contributed by atoms with van der Waals surface area (Å²) in [7, 11) is 0. The zero-order chi connectivity index (χ0) is 15.3. The fraction of sp³-hybridized carbons (Fsp3) is 0.714. The summed E-state index contributed by atoms with van der Waals surface area (Å²) in [4.78, 5) is 17.3. The third kappa shape index (κ3) is 5.09. The van der Waals surface area contributed by atoms with E-state index in [4.69, 9.17) is 0 Å². The number of urea groups is 1. The summed E-state index contributed by atoms with van der Waals surface area (Å²) in [5, 5.41) is 16.3. The Labute approximate surface area is 124 Å². The second-order valence-electron chi connectivity index (χ2n) is 5.98. The van der Waals surface area contributed by atoms with Gasteiger partial charge in [0.2, 0.25) is 0 Å². The van der Waals surface area contributed by atoms with Gasteiger partial charge in [-0.05, 0) is 18.8 Å². The molecule has 0 radical (unpaired) electrons. The average molecular weight is 299 g/mol. The van der Waals surface area contributed by atoms with E-state index in [1.54, 1.807) is 11.3 Å². The highest BCUT2D eigenvalue weighted by Crippen LogP contribution is 2.20. The summed E-state index contributed by atoms with van der Waals surface area (Å²) in [6.07, 6.45) is 2.23. The predicted octanol–water partition coefficient (Wildman–Crippen LogP) is 2.47. The lowest BCUT2D eigenvalue weighted by Crippen LogP contribution is -2.44. The Morgan fingerprint density at radius 2 is 2.15 bits per heavy atom. The minimum absolute atomic E-state index is 0.132. The Balaban J connectivity index is 2.42. The first-order valence-corrected chi connectivity index (χ1v) is 7.72. The van der Waals surface area contributed by atoms with Gasteiger partial charge < -0.3 is 15.7 Å².